The molecule has 2 amide bonds. The number of hydrogen-bond acceptors (Lipinski definition) is 4. The lowest BCUT2D eigenvalue weighted by Crippen LogP contribution is -2.48. The molecular formula is C16H22N2O3S. The van der Waals surface area contributed by atoms with Gasteiger partial charge in [-0.15, -0.1) is 11.8 Å². The topological polar surface area (TPSA) is 58.6 Å². The number of carbonyl (C=O) groups excluding carboxylic acids is 2. The van der Waals surface area contributed by atoms with Gasteiger partial charge in [0, 0.05) is 18.6 Å². The van der Waals surface area contributed by atoms with Gasteiger partial charge in [0.15, 0.2) is 0 Å². The molecule has 120 valence electrons. The third kappa shape index (κ3) is 3.62. The molecule has 1 aliphatic rings. The largest absolute Gasteiger partial charge is 0.372 e. The standard InChI is InChI=1S/C16H22N2O3S/c1-10-5-6-13(11(2)7-10)17-15(19)14-8-22-9-18(14)16(20)12(3)21-4/h5-7,12,14H,8-9H2,1-4H3,(H,17,19)/t12-,14+/m1/s1. The van der Waals surface area contributed by atoms with Crippen molar-refractivity contribution in [3.63, 3.8) is 0 Å². The van der Waals surface area contributed by atoms with Crippen molar-refractivity contribution >= 4 is 29.3 Å². The molecule has 0 spiro atoms. The molecule has 0 unspecified atom stereocenters. The Morgan fingerprint density at radius 2 is 2.14 bits per heavy atom. The molecule has 0 bridgehead atoms. The number of hydrogen-bond donors (Lipinski definition) is 1. The predicted octanol–water partition coefficient (Wildman–Crippen LogP) is 2.18. The number of nitrogens with zero attached hydrogens (tertiary/aromatic N) is 1. The first-order valence-corrected chi connectivity index (χ1v) is 8.38. The van der Waals surface area contributed by atoms with Crippen molar-refractivity contribution in [2.45, 2.75) is 32.9 Å². The lowest BCUT2D eigenvalue weighted by Gasteiger charge is -2.25. The van der Waals surface area contributed by atoms with Crippen LogP contribution < -0.4 is 5.32 Å². The highest BCUT2D eigenvalue weighted by molar-refractivity contribution is 7.99. The van der Waals surface area contributed by atoms with Gasteiger partial charge in [0.1, 0.15) is 12.1 Å². The van der Waals surface area contributed by atoms with Gasteiger partial charge in [-0.25, -0.2) is 0 Å². The molecule has 0 radical (unpaired) electrons. The summed E-state index contributed by atoms with van der Waals surface area (Å²) in [6.45, 7) is 5.67. The smallest absolute Gasteiger partial charge is 0.252 e. The Morgan fingerprint density at radius 3 is 2.77 bits per heavy atom. The van der Waals surface area contributed by atoms with E-state index in [1.165, 1.54) is 7.11 Å². The van der Waals surface area contributed by atoms with Gasteiger partial charge in [-0.05, 0) is 32.4 Å². The fourth-order valence-electron chi connectivity index (χ4n) is 2.38. The number of nitrogens with one attached hydrogen (secondary N) is 1. The van der Waals surface area contributed by atoms with Crippen molar-refractivity contribution in [3.8, 4) is 0 Å². The fraction of sp³-hybridized carbons (Fsp3) is 0.500. The minimum atomic E-state index is -0.532. The van der Waals surface area contributed by atoms with Crippen molar-refractivity contribution in [2.75, 3.05) is 24.1 Å². The highest BCUT2D eigenvalue weighted by Crippen LogP contribution is 2.24. The first kappa shape index (κ1) is 16.8. The number of carbonyl (C=O) groups is 2. The maximum atomic E-state index is 12.5. The number of amides is 2. The minimum Gasteiger partial charge on any atom is -0.372 e. The molecule has 2 rings (SSSR count). The predicted molar refractivity (Wildman–Crippen MR) is 89.0 cm³/mol. The number of aryl methyl sites for hydroxylation is 2. The molecule has 1 aromatic rings. The molecule has 0 aromatic heterocycles. The van der Waals surface area contributed by atoms with Gasteiger partial charge < -0.3 is 15.0 Å². The van der Waals surface area contributed by atoms with Gasteiger partial charge in [0.05, 0.1) is 5.88 Å². The van der Waals surface area contributed by atoms with E-state index in [1.807, 2.05) is 32.0 Å². The van der Waals surface area contributed by atoms with Crippen LogP contribution in [0.4, 0.5) is 5.69 Å². The van der Waals surface area contributed by atoms with Crippen LogP contribution in [0.1, 0.15) is 18.1 Å². The molecular weight excluding hydrogens is 300 g/mol. The van der Waals surface area contributed by atoms with E-state index >= 15 is 0 Å². The minimum absolute atomic E-state index is 0.145. The van der Waals surface area contributed by atoms with Crippen LogP contribution in [0.5, 0.6) is 0 Å². The monoisotopic (exact) mass is 322 g/mol. The Labute approximate surface area is 135 Å². The van der Waals surface area contributed by atoms with Gasteiger partial charge in [0.2, 0.25) is 5.91 Å². The summed E-state index contributed by atoms with van der Waals surface area (Å²) < 4.78 is 5.07. The lowest BCUT2D eigenvalue weighted by molar-refractivity contribution is -0.144. The molecule has 1 aromatic carbocycles. The van der Waals surface area contributed by atoms with Crippen molar-refractivity contribution in [1.82, 2.24) is 4.90 Å². The van der Waals surface area contributed by atoms with E-state index in [2.05, 4.69) is 5.32 Å². The van der Waals surface area contributed by atoms with Crippen LogP contribution in [-0.2, 0) is 14.3 Å². The van der Waals surface area contributed by atoms with Crippen molar-refractivity contribution in [2.24, 2.45) is 0 Å². The Bertz CT molecular complexity index is 577. The summed E-state index contributed by atoms with van der Waals surface area (Å²) in [5.41, 5.74) is 2.96. The van der Waals surface area contributed by atoms with Crippen LogP contribution in [0, 0.1) is 13.8 Å². The molecule has 22 heavy (non-hydrogen) atoms. The average molecular weight is 322 g/mol. The van der Waals surface area contributed by atoms with E-state index in [9.17, 15) is 9.59 Å². The van der Waals surface area contributed by atoms with E-state index in [-0.39, 0.29) is 11.8 Å². The second-order valence-corrected chi connectivity index (χ2v) is 6.51. The molecule has 1 fully saturated rings. The molecule has 2 atom stereocenters. The summed E-state index contributed by atoms with van der Waals surface area (Å²) in [6.07, 6.45) is -0.532. The zero-order chi connectivity index (χ0) is 16.3. The van der Waals surface area contributed by atoms with E-state index in [0.29, 0.717) is 11.6 Å². The summed E-state index contributed by atoms with van der Waals surface area (Å²) in [6, 6.07) is 5.43. The average Bonchev–Trinajstić information content (AvgIpc) is 2.98. The Morgan fingerprint density at radius 1 is 1.41 bits per heavy atom. The van der Waals surface area contributed by atoms with E-state index < -0.39 is 12.1 Å². The third-order valence-corrected chi connectivity index (χ3v) is 4.82. The molecule has 1 aliphatic heterocycles. The first-order chi connectivity index (χ1) is 10.4. The van der Waals surface area contributed by atoms with Crippen molar-refractivity contribution in [1.29, 1.82) is 0 Å². The van der Waals surface area contributed by atoms with Gasteiger partial charge in [-0.1, -0.05) is 17.7 Å². The van der Waals surface area contributed by atoms with E-state index in [0.717, 1.165) is 16.8 Å². The zero-order valence-electron chi connectivity index (χ0n) is 13.4. The molecule has 0 saturated carbocycles. The number of benzene rings is 1. The van der Waals surface area contributed by atoms with Crippen LogP contribution in [-0.4, -0.2) is 47.6 Å². The number of anilines is 1. The number of rotatable bonds is 4. The molecule has 5 nitrogen and oxygen atoms in total. The van der Waals surface area contributed by atoms with Crippen LogP contribution in [0.25, 0.3) is 0 Å². The summed E-state index contributed by atoms with van der Waals surface area (Å²) in [7, 11) is 1.50. The van der Waals surface area contributed by atoms with Crippen LogP contribution in [0.2, 0.25) is 0 Å². The molecule has 0 aliphatic carbocycles. The van der Waals surface area contributed by atoms with Gasteiger partial charge in [-0.2, -0.15) is 0 Å². The van der Waals surface area contributed by atoms with E-state index in [4.69, 9.17) is 4.74 Å². The highest BCUT2D eigenvalue weighted by atomic mass is 32.2. The SMILES string of the molecule is CO[C@H](C)C(=O)N1CSC[C@H]1C(=O)Nc1ccc(C)cc1C. The Balaban J connectivity index is 2.09. The Hall–Kier alpha value is -1.53. The van der Waals surface area contributed by atoms with Crippen molar-refractivity contribution < 1.29 is 14.3 Å². The van der Waals surface area contributed by atoms with Gasteiger partial charge >= 0.3 is 0 Å². The highest BCUT2D eigenvalue weighted by Gasteiger charge is 2.36. The molecule has 1 N–H and O–H groups in total. The second-order valence-electron chi connectivity index (χ2n) is 5.51. The quantitative estimate of drug-likeness (QED) is 0.923. The normalized spacial score (nSPS) is 19.1. The van der Waals surface area contributed by atoms with Crippen LogP contribution in [0.15, 0.2) is 18.2 Å². The number of ether oxygens (including phenoxy) is 1. The van der Waals surface area contributed by atoms with Crippen molar-refractivity contribution in [3.05, 3.63) is 29.3 Å². The third-order valence-electron chi connectivity index (χ3n) is 3.81. The first-order valence-electron chi connectivity index (χ1n) is 7.23. The molecule has 1 heterocycles. The number of methoxy groups -OCH3 is 1. The lowest BCUT2D eigenvalue weighted by atomic mass is 10.1. The van der Waals surface area contributed by atoms with Gasteiger partial charge in [0.25, 0.3) is 5.91 Å². The number of thioether (sulfide) groups is 1. The maximum absolute atomic E-state index is 12.5. The Kier molecular flexibility index (Phi) is 5.47. The summed E-state index contributed by atoms with van der Waals surface area (Å²) in [5, 5.41) is 2.93. The van der Waals surface area contributed by atoms with E-state index in [1.54, 1.807) is 23.6 Å². The summed E-state index contributed by atoms with van der Waals surface area (Å²) >= 11 is 1.58. The zero-order valence-corrected chi connectivity index (χ0v) is 14.2. The van der Waals surface area contributed by atoms with Crippen LogP contribution >= 0.6 is 11.8 Å². The maximum Gasteiger partial charge on any atom is 0.252 e. The molecule has 6 heteroatoms. The molecule has 1 saturated heterocycles. The summed E-state index contributed by atoms with van der Waals surface area (Å²) in [4.78, 5) is 26.4. The van der Waals surface area contributed by atoms with Gasteiger partial charge in [-0.3, -0.25) is 9.59 Å². The second kappa shape index (κ2) is 7.15. The summed E-state index contributed by atoms with van der Waals surface area (Å²) in [5.74, 6) is 0.845. The van der Waals surface area contributed by atoms with Crippen LogP contribution in [0.3, 0.4) is 0 Å². The fourth-order valence-corrected chi connectivity index (χ4v) is 3.55.